The molecule has 18 heavy (non-hydrogen) atoms. The van der Waals surface area contributed by atoms with E-state index in [4.69, 9.17) is 5.11 Å². The van der Waals surface area contributed by atoms with Gasteiger partial charge < -0.3 is 15.0 Å². The minimum absolute atomic E-state index is 0.0465. The molecule has 0 spiro atoms. The molecule has 1 atom stereocenters. The van der Waals surface area contributed by atoms with Gasteiger partial charge in [-0.2, -0.15) is 0 Å². The molecule has 1 aliphatic rings. The van der Waals surface area contributed by atoms with Crippen LogP contribution < -0.4 is 5.32 Å². The Hall–Kier alpha value is -1.57. The Morgan fingerprint density at radius 1 is 1.61 bits per heavy atom. The predicted molar refractivity (Wildman–Crippen MR) is 64.3 cm³/mol. The van der Waals surface area contributed by atoms with Crippen molar-refractivity contribution < 1.29 is 14.7 Å². The molecule has 1 unspecified atom stereocenters. The molecule has 0 aliphatic carbocycles. The third-order valence-electron chi connectivity index (χ3n) is 2.71. The first-order chi connectivity index (χ1) is 8.56. The quantitative estimate of drug-likeness (QED) is 0.733. The summed E-state index contributed by atoms with van der Waals surface area (Å²) in [5, 5.41) is 20.0. The zero-order valence-electron chi connectivity index (χ0n) is 9.92. The summed E-state index contributed by atoms with van der Waals surface area (Å²) in [6, 6.07) is 0.0800. The number of amides is 1. The van der Waals surface area contributed by atoms with Gasteiger partial charge in [-0.1, -0.05) is 11.8 Å². The maximum Gasteiger partial charge on any atom is 0.313 e. The van der Waals surface area contributed by atoms with Crippen molar-refractivity contribution in [3.63, 3.8) is 0 Å². The largest absolute Gasteiger partial charge is 0.481 e. The van der Waals surface area contributed by atoms with E-state index in [2.05, 4.69) is 15.5 Å². The van der Waals surface area contributed by atoms with Crippen molar-refractivity contribution in [2.45, 2.75) is 37.5 Å². The molecular weight excluding hydrogens is 256 g/mol. The van der Waals surface area contributed by atoms with Gasteiger partial charge in [-0.25, -0.2) is 0 Å². The van der Waals surface area contributed by atoms with Crippen LogP contribution in [0, 0.1) is 6.92 Å². The standard InChI is InChI=1S/C10H14N4O3S/c1-6-12-13-10(18-5-9(16)17)14(6)4-7-2-3-8(15)11-7/h7H,2-5H2,1H3,(H,11,15)(H,16,17). The first-order valence-corrected chi connectivity index (χ1v) is 6.58. The lowest BCUT2D eigenvalue weighted by Crippen LogP contribution is -2.30. The second-order valence-electron chi connectivity index (χ2n) is 4.13. The number of aromatic nitrogens is 3. The number of hydrogen-bond donors (Lipinski definition) is 2. The summed E-state index contributed by atoms with van der Waals surface area (Å²) in [7, 11) is 0. The number of carbonyl (C=O) groups is 2. The van der Waals surface area contributed by atoms with Crippen LogP contribution >= 0.6 is 11.8 Å². The number of carbonyl (C=O) groups excluding carboxylic acids is 1. The van der Waals surface area contributed by atoms with Gasteiger partial charge in [0.25, 0.3) is 0 Å². The van der Waals surface area contributed by atoms with E-state index >= 15 is 0 Å². The smallest absolute Gasteiger partial charge is 0.313 e. The van der Waals surface area contributed by atoms with Gasteiger partial charge >= 0.3 is 5.97 Å². The first-order valence-electron chi connectivity index (χ1n) is 5.60. The second kappa shape index (κ2) is 5.38. The fourth-order valence-corrected chi connectivity index (χ4v) is 2.55. The lowest BCUT2D eigenvalue weighted by molar-refractivity contribution is -0.133. The molecule has 1 aromatic heterocycles. The summed E-state index contributed by atoms with van der Waals surface area (Å²) < 4.78 is 1.85. The highest BCUT2D eigenvalue weighted by molar-refractivity contribution is 7.99. The van der Waals surface area contributed by atoms with Crippen LogP contribution in [0.3, 0.4) is 0 Å². The number of carboxylic acids is 1. The second-order valence-corrected chi connectivity index (χ2v) is 5.07. The number of thioether (sulfide) groups is 1. The van der Waals surface area contributed by atoms with Crippen LogP contribution in [0.1, 0.15) is 18.7 Å². The Morgan fingerprint density at radius 2 is 2.39 bits per heavy atom. The van der Waals surface area contributed by atoms with Crippen molar-refractivity contribution in [3.05, 3.63) is 5.82 Å². The molecule has 7 nitrogen and oxygen atoms in total. The van der Waals surface area contributed by atoms with Crippen molar-refractivity contribution >= 4 is 23.6 Å². The fourth-order valence-electron chi connectivity index (χ4n) is 1.84. The van der Waals surface area contributed by atoms with Gasteiger partial charge in [0, 0.05) is 19.0 Å². The molecule has 0 radical (unpaired) electrons. The highest BCUT2D eigenvalue weighted by Gasteiger charge is 2.23. The van der Waals surface area contributed by atoms with Crippen LogP contribution in [-0.4, -0.2) is 43.5 Å². The number of nitrogens with zero attached hydrogens (tertiary/aromatic N) is 3. The minimum atomic E-state index is -0.888. The average Bonchev–Trinajstić information content (AvgIpc) is 2.85. The number of aliphatic carboxylic acids is 1. The van der Waals surface area contributed by atoms with Crippen LogP contribution in [0.5, 0.6) is 0 Å². The van der Waals surface area contributed by atoms with E-state index in [0.717, 1.165) is 24.0 Å². The van der Waals surface area contributed by atoms with Crippen LogP contribution in [-0.2, 0) is 16.1 Å². The number of hydrogen-bond acceptors (Lipinski definition) is 5. The SMILES string of the molecule is Cc1nnc(SCC(=O)O)n1CC1CCC(=O)N1. The molecule has 0 aromatic carbocycles. The van der Waals surface area contributed by atoms with Crippen LogP contribution in [0.2, 0.25) is 0 Å². The van der Waals surface area contributed by atoms with E-state index in [9.17, 15) is 9.59 Å². The molecule has 2 rings (SSSR count). The third-order valence-corrected chi connectivity index (χ3v) is 3.67. The van der Waals surface area contributed by atoms with Gasteiger partial charge in [0.15, 0.2) is 5.16 Å². The van der Waals surface area contributed by atoms with Gasteiger partial charge in [0.2, 0.25) is 5.91 Å². The molecule has 0 bridgehead atoms. The van der Waals surface area contributed by atoms with Crippen molar-refractivity contribution in [2.75, 3.05) is 5.75 Å². The van der Waals surface area contributed by atoms with Crippen LogP contribution in [0.15, 0.2) is 5.16 Å². The molecule has 2 N–H and O–H groups in total. The normalized spacial score (nSPS) is 18.9. The first kappa shape index (κ1) is 12.9. The highest BCUT2D eigenvalue weighted by atomic mass is 32.2. The predicted octanol–water partition coefficient (Wildman–Crippen LogP) is 0.0418. The molecule has 1 aliphatic heterocycles. The average molecular weight is 270 g/mol. The van der Waals surface area contributed by atoms with E-state index in [1.165, 1.54) is 0 Å². The fraction of sp³-hybridized carbons (Fsp3) is 0.600. The summed E-state index contributed by atoms with van der Waals surface area (Å²) in [6.45, 7) is 2.40. The Labute approximate surface area is 108 Å². The lowest BCUT2D eigenvalue weighted by atomic mass is 10.2. The molecule has 1 saturated heterocycles. The molecule has 8 heteroatoms. The lowest BCUT2D eigenvalue weighted by Gasteiger charge is -2.13. The summed E-state index contributed by atoms with van der Waals surface area (Å²) >= 11 is 1.14. The number of carboxylic acid groups (broad SMARTS) is 1. The maximum atomic E-state index is 11.1. The van der Waals surface area contributed by atoms with Gasteiger partial charge in [0.1, 0.15) is 5.82 Å². The zero-order chi connectivity index (χ0) is 13.1. The van der Waals surface area contributed by atoms with Gasteiger partial charge in [0.05, 0.1) is 5.75 Å². The summed E-state index contributed by atoms with van der Waals surface area (Å²) in [6.07, 6.45) is 1.34. The van der Waals surface area contributed by atoms with Crippen LogP contribution in [0.4, 0.5) is 0 Å². The zero-order valence-corrected chi connectivity index (χ0v) is 10.7. The van der Waals surface area contributed by atoms with Crippen molar-refractivity contribution in [1.29, 1.82) is 0 Å². The van der Waals surface area contributed by atoms with Crippen molar-refractivity contribution in [3.8, 4) is 0 Å². The Bertz CT molecular complexity index is 474. The monoisotopic (exact) mass is 270 g/mol. The number of nitrogens with one attached hydrogen (secondary N) is 1. The van der Waals surface area contributed by atoms with Crippen molar-refractivity contribution in [1.82, 2.24) is 20.1 Å². The van der Waals surface area contributed by atoms with E-state index in [0.29, 0.717) is 18.1 Å². The minimum Gasteiger partial charge on any atom is -0.481 e. The molecule has 98 valence electrons. The third kappa shape index (κ3) is 3.00. The van der Waals surface area contributed by atoms with Gasteiger partial charge in [-0.05, 0) is 13.3 Å². The van der Waals surface area contributed by atoms with E-state index < -0.39 is 5.97 Å². The molecule has 0 saturated carbocycles. The van der Waals surface area contributed by atoms with Gasteiger partial charge in [-0.3, -0.25) is 9.59 Å². The van der Waals surface area contributed by atoms with Crippen LogP contribution in [0.25, 0.3) is 0 Å². The summed E-state index contributed by atoms with van der Waals surface area (Å²) in [5.41, 5.74) is 0. The Kier molecular flexibility index (Phi) is 3.85. The molecule has 1 fully saturated rings. The van der Waals surface area contributed by atoms with E-state index in [-0.39, 0.29) is 17.7 Å². The van der Waals surface area contributed by atoms with E-state index in [1.54, 1.807) is 0 Å². The summed E-state index contributed by atoms with van der Waals surface area (Å²) in [4.78, 5) is 21.7. The molecular formula is C10H14N4O3S. The maximum absolute atomic E-state index is 11.1. The highest BCUT2D eigenvalue weighted by Crippen LogP contribution is 2.19. The molecule has 1 amide bonds. The Morgan fingerprint density at radius 3 is 3.00 bits per heavy atom. The van der Waals surface area contributed by atoms with Gasteiger partial charge in [-0.15, -0.1) is 10.2 Å². The van der Waals surface area contributed by atoms with Crippen molar-refractivity contribution in [2.24, 2.45) is 0 Å². The number of aryl methyl sites for hydroxylation is 1. The topological polar surface area (TPSA) is 97.1 Å². The number of rotatable bonds is 5. The molecule has 2 heterocycles. The van der Waals surface area contributed by atoms with E-state index in [1.807, 2.05) is 11.5 Å². The molecule has 1 aromatic rings. The summed E-state index contributed by atoms with van der Waals surface area (Å²) in [5.74, 6) is -0.148. The Balaban J connectivity index is 2.04.